The van der Waals surface area contributed by atoms with Gasteiger partial charge < -0.3 is 9.47 Å². The zero-order valence-corrected chi connectivity index (χ0v) is 12.0. The Hall–Kier alpha value is -0.830. The van der Waals surface area contributed by atoms with Crippen molar-refractivity contribution in [3.8, 4) is 0 Å². The zero-order valence-electron chi connectivity index (χ0n) is 12.0. The Morgan fingerprint density at radius 2 is 1.95 bits per heavy atom. The van der Waals surface area contributed by atoms with E-state index >= 15 is 0 Å². The normalized spacial score (nSPS) is 28.6. The lowest BCUT2D eigenvalue weighted by atomic mass is 9.90. The lowest BCUT2D eigenvalue weighted by Gasteiger charge is -2.20. The largest absolute Gasteiger partial charge is 0.462 e. The summed E-state index contributed by atoms with van der Waals surface area (Å²) in [6.07, 6.45) is 7.48. The molecule has 0 aliphatic heterocycles. The van der Waals surface area contributed by atoms with Crippen molar-refractivity contribution >= 4 is 5.97 Å². The molecule has 0 amide bonds. The van der Waals surface area contributed by atoms with Gasteiger partial charge in [0.25, 0.3) is 0 Å². The summed E-state index contributed by atoms with van der Waals surface area (Å²) in [5.74, 6) is 2.61. The molecule has 0 spiro atoms. The van der Waals surface area contributed by atoms with E-state index in [-0.39, 0.29) is 5.97 Å². The van der Waals surface area contributed by atoms with Crippen molar-refractivity contribution in [2.75, 3.05) is 19.8 Å². The van der Waals surface area contributed by atoms with Crippen molar-refractivity contribution in [1.82, 2.24) is 0 Å². The van der Waals surface area contributed by atoms with E-state index < -0.39 is 0 Å². The summed E-state index contributed by atoms with van der Waals surface area (Å²) in [4.78, 5) is 11.1. The third-order valence-corrected chi connectivity index (χ3v) is 4.27. The van der Waals surface area contributed by atoms with Crippen LogP contribution >= 0.6 is 0 Å². The molecule has 0 heterocycles. The van der Waals surface area contributed by atoms with Gasteiger partial charge in [-0.2, -0.15) is 0 Å². The quantitative estimate of drug-likeness (QED) is 0.384. The van der Waals surface area contributed by atoms with E-state index in [1.165, 1.54) is 25.7 Å². The van der Waals surface area contributed by atoms with E-state index in [4.69, 9.17) is 9.47 Å². The molecule has 108 valence electrons. The lowest BCUT2D eigenvalue weighted by molar-refractivity contribution is -0.139. The maximum Gasteiger partial charge on any atom is 0.333 e. The first-order valence-corrected chi connectivity index (χ1v) is 7.57. The molecule has 2 rings (SSSR count). The van der Waals surface area contributed by atoms with Gasteiger partial charge in [-0.15, -0.1) is 0 Å². The fraction of sp³-hybridized carbons (Fsp3) is 0.812. The molecule has 0 radical (unpaired) electrons. The van der Waals surface area contributed by atoms with Crippen LogP contribution in [0.25, 0.3) is 0 Å². The maximum absolute atomic E-state index is 11.1. The van der Waals surface area contributed by atoms with Crippen LogP contribution in [-0.4, -0.2) is 25.8 Å². The van der Waals surface area contributed by atoms with Gasteiger partial charge in [0, 0.05) is 18.8 Å². The van der Waals surface area contributed by atoms with Crippen LogP contribution in [0.3, 0.4) is 0 Å². The van der Waals surface area contributed by atoms with Gasteiger partial charge in [0.1, 0.15) is 0 Å². The van der Waals surface area contributed by atoms with Crippen LogP contribution in [0.5, 0.6) is 0 Å². The van der Waals surface area contributed by atoms with E-state index in [0.29, 0.717) is 12.2 Å². The van der Waals surface area contributed by atoms with E-state index in [9.17, 15) is 4.79 Å². The first-order chi connectivity index (χ1) is 9.16. The molecule has 0 aromatic heterocycles. The molecule has 0 N–H and O–H groups in total. The molecule has 3 nitrogen and oxygen atoms in total. The van der Waals surface area contributed by atoms with E-state index in [0.717, 1.165) is 43.8 Å². The molecule has 0 aromatic carbocycles. The smallest absolute Gasteiger partial charge is 0.333 e. The highest BCUT2D eigenvalue weighted by Gasteiger charge is 2.41. The number of carbonyl (C=O) groups excluding carboxylic acids is 1. The Morgan fingerprint density at radius 3 is 2.68 bits per heavy atom. The Labute approximate surface area is 116 Å². The van der Waals surface area contributed by atoms with Crippen molar-refractivity contribution in [2.45, 2.75) is 45.4 Å². The molecule has 3 unspecified atom stereocenters. The van der Waals surface area contributed by atoms with Gasteiger partial charge in [-0.3, -0.25) is 0 Å². The molecule has 2 aliphatic rings. The van der Waals surface area contributed by atoms with Crippen LogP contribution < -0.4 is 0 Å². The molecular formula is C16H26O3. The highest BCUT2D eigenvalue weighted by Crippen LogP contribution is 2.51. The molecule has 2 fully saturated rings. The number of rotatable bonds is 8. The zero-order chi connectivity index (χ0) is 13.7. The van der Waals surface area contributed by atoms with Crippen LogP contribution in [0.4, 0.5) is 0 Å². The second-order valence-corrected chi connectivity index (χ2v) is 6.13. The molecule has 2 saturated carbocycles. The van der Waals surface area contributed by atoms with Crippen LogP contribution in [0.2, 0.25) is 0 Å². The van der Waals surface area contributed by atoms with Gasteiger partial charge in [0.05, 0.1) is 6.61 Å². The maximum atomic E-state index is 11.1. The van der Waals surface area contributed by atoms with Crippen molar-refractivity contribution in [3.63, 3.8) is 0 Å². The van der Waals surface area contributed by atoms with Gasteiger partial charge in [0.2, 0.25) is 0 Å². The molecule has 2 aliphatic carbocycles. The number of ether oxygens (including phenoxy) is 2. The fourth-order valence-electron chi connectivity index (χ4n) is 2.94. The fourth-order valence-corrected chi connectivity index (χ4v) is 2.94. The second kappa shape index (κ2) is 7.09. The Bertz CT molecular complexity index is 324. The van der Waals surface area contributed by atoms with Crippen LogP contribution in [0, 0.1) is 17.8 Å². The van der Waals surface area contributed by atoms with Crippen molar-refractivity contribution in [2.24, 2.45) is 17.8 Å². The average molecular weight is 266 g/mol. The average Bonchev–Trinajstić information content (AvgIpc) is 3.15. The summed E-state index contributed by atoms with van der Waals surface area (Å²) in [7, 11) is 0. The molecule has 0 saturated heterocycles. The SMILES string of the molecule is C=C(C)C(=O)OCCCCOCC1CCC2CC2C1. The number of esters is 1. The van der Waals surface area contributed by atoms with Gasteiger partial charge in [0.15, 0.2) is 0 Å². The topological polar surface area (TPSA) is 35.5 Å². The first kappa shape index (κ1) is 14.6. The minimum atomic E-state index is -0.290. The molecule has 19 heavy (non-hydrogen) atoms. The number of carbonyl (C=O) groups is 1. The van der Waals surface area contributed by atoms with Crippen molar-refractivity contribution < 1.29 is 14.3 Å². The van der Waals surface area contributed by atoms with E-state index in [1.807, 2.05) is 0 Å². The predicted molar refractivity (Wildman–Crippen MR) is 74.8 cm³/mol. The van der Waals surface area contributed by atoms with Crippen molar-refractivity contribution in [3.05, 3.63) is 12.2 Å². The third kappa shape index (κ3) is 4.98. The number of hydrogen-bond donors (Lipinski definition) is 0. The molecular weight excluding hydrogens is 240 g/mol. The van der Waals surface area contributed by atoms with Gasteiger partial charge in [-0.25, -0.2) is 4.79 Å². The lowest BCUT2D eigenvalue weighted by Crippen LogP contribution is -2.15. The molecule has 3 atom stereocenters. The Balaban J connectivity index is 1.40. The highest BCUT2D eigenvalue weighted by atomic mass is 16.5. The minimum absolute atomic E-state index is 0.290. The molecule has 0 bridgehead atoms. The number of unbranched alkanes of at least 4 members (excludes halogenated alkanes) is 1. The Morgan fingerprint density at radius 1 is 1.16 bits per heavy atom. The number of fused-ring (bicyclic) bond motifs is 1. The second-order valence-electron chi connectivity index (χ2n) is 6.13. The van der Waals surface area contributed by atoms with E-state index in [2.05, 4.69) is 6.58 Å². The van der Waals surface area contributed by atoms with Gasteiger partial charge in [-0.05, 0) is 63.2 Å². The standard InChI is InChI=1S/C16H26O3/c1-12(2)16(17)19-8-4-3-7-18-11-13-5-6-14-10-15(14)9-13/h13-15H,1,3-11H2,2H3. The molecule has 3 heteroatoms. The van der Waals surface area contributed by atoms with Crippen LogP contribution in [0.15, 0.2) is 12.2 Å². The monoisotopic (exact) mass is 266 g/mol. The summed E-state index contributed by atoms with van der Waals surface area (Å²) < 4.78 is 10.8. The Kier molecular flexibility index (Phi) is 5.44. The summed E-state index contributed by atoms with van der Waals surface area (Å²) >= 11 is 0. The van der Waals surface area contributed by atoms with Crippen LogP contribution in [-0.2, 0) is 14.3 Å². The van der Waals surface area contributed by atoms with E-state index in [1.54, 1.807) is 6.92 Å². The predicted octanol–water partition coefficient (Wildman–Crippen LogP) is 3.34. The minimum Gasteiger partial charge on any atom is -0.462 e. The number of hydrogen-bond acceptors (Lipinski definition) is 3. The van der Waals surface area contributed by atoms with Gasteiger partial charge in [-0.1, -0.05) is 6.58 Å². The third-order valence-electron chi connectivity index (χ3n) is 4.27. The summed E-state index contributed by atoms with van der Waals surface area (Å²) in [6, 6.07) is 0. The summed E-state index contributed by atoms with van der Waals surface area (Å²) in [5.41, 5.74) is 0.465. The highest BCUT2D eigenvalue weighted by molar-refractivity contribution is 5.86. The van der Waals surface area contributed by atoms with Gasteiger partial charge >= 0.3 is 5.97 Å². The summed E-state index contributed by atoms with van der Waals surface area (Å²) in [6.45, 7) is 7.40. The van der Waals surface area contributed by atoms with Crippen LogP contribution in [0.1, 0.15) is 45.4 Å². The van der Waals surface area contributed by atoms with Crippen molar-refractivity contribution in [1.29, 1.82) is 0 Å². The summed E-state index contributed by atoms with van der Waals surface area (Å²) in [5, 5.41) is 0. The molecule has 0 aromatic rings. The first-order valence-electron chi connectivity index (χ1n) is 7.57.